The monoisotopic (exact) mass is 262 g/mol. The van der Waals surface area contributed by atoms with E-state index in [2.05, 4.69) is 12.2 Å². The van der Waals surface area contributed by atoms with Crippen LogP contribution in [0.1, 0.15) is 31.7 Å². The van der Waals surface area contributed by atoms with Gasteiger partial charge in [-0.3, -0.25) is 4.79 Å². The predicted octanol–water partition coefficient (Wildman–Crippen LogP) is 1.57. The van der Waals surface area contributed by atoms with Gasteiger partial charge in [-0.25, -0.2) is 0 Å². The lowest BCUT2D eigenvalue weighted by Crippen LogP contribution is -2.48. The second kappa shape index (κ2) is 6.06. The van der Waals surface area contributed by atoms with Gasteiger partial charge in [-0.2, -0.15) is 0 Å². The highest BCUT2D eigenvalue weighted by atomic mass is 16.3. The summed E-state index contributed by atoms with van der Waals surface area (Å²) in [6.07, 6.45) is 4.16. The summed E-state index contributed by atoms with van der Waals surface area (Å²) in [6.45, 7) is 2.05. The summed E-state index contributed by atoms with van der Waals surface area (Å²) in [5.74, 6) is 0.748. The minimum Gasteiger partial charge on any atom is -0.508 e. The first-order valence-electron chi connectivity index (χ1n) is 6.90. The van der Waals surface area contributed by atoms with Crippen LogP contribution in [0.4, 0.5) is 0 Å². The van der Waals surface area contributed by atoms with Crippen molar-refractivity contribution in [3.63, 3.8) is 0 Å². The number of benzene rings is 1. The van der Waals surface area contributed by atoms with Crippen molar-refractivity contribution in [2.75, 3.05) is 0 Å². The highest BCUT2D eigenvalue weighted by Crippen LogP contribution is 2.29. The molecule has 1 unspecified atom stereocenters. The molecule has 1 aromatic rings. The smallest absolute Gasteiger partial charge is 0.237 e. The first-order valence-corrected chi connectivity index (χ1v) is 6.90. The predicted molar refractivity (Wildman–Crippen MR) is 74.7 cm³/mol. The highest BCUT2D eigenvalue weighted by molar-refractivity contribution is 5.82. The first kappa shape index (κ1) is 13.9. The molecule has 0 radical (unpaired) electrons. The molecule has 2 rings (SSSR count). The minimum absolute atomic E-state index is 0.0903. The molecule has 1 aromatic carbocycles. The Morgan fingerprint density at radius 1 is 1.42 bits per heavy atom. The highest BCUT2D eigenvalue weighted by Gasteiger charge is 2.26. The van der Waals surface area contributed by atoms with Gasteiger partial charge in [0.05, 0.1) is 6.04 Å². The lowest BCUT2D eigenvalue weighted by Gasteiger charge is -2.32. The van der Waals surface area contributed by atoms with Gasteiger partial charge < -0.3 is 16.2 Å². The lowest BCUT2D eigenvalue weighted by atomic mass is 9.80. The van der Waals surface area contributed by atoms with Crippen molar-refractivity contribution in [3.8, 4) is 5.75 Å². The van der Waals surface area contributed by atoms with Crippen LogP contribution in [0.15, 0.2) is 24.3 Å². The van der Waals surface area contributed by atoms with Crippen LogP contribution < -0.4 is 11.1 Å². The molecule has 2 atom stereocenters. The Kier molecular flexibility index (Phi) is 4.43. The van der Waals surface area contributed by atoms with E-state index >= 15 is 0 Å². The molecule has 0 spiro atoms. The Bertz CT molecular complexity index is 426. The lowest BCUT2D eigenvalue weighted by molar-refractivity contribution is -0.123. The van der Waals surface area contributed by atoms with Crippen LogP contribution in [-0.4, -0.2) is 23.1 Å². The third-order valence-electron chi connectivity index (χ3n) is 3.96. The Labute approximate surface area is 114 Å². The maximum atomic E-state index is 12.0. The number of phenols is 1. The van der Waals surface area contributed by atoms with Crippen LogP contribution in [0.3, 0.4) is 0 Å². The van der Waals surface area contributed by atoms with Gasteiger partial charge in [0, 0.05) is 6.04 Å². The van der Waals surface area contributed by atoms with Gasteiger partial charge in [0.2, 0.25) is 5.91 Å². The molecule has 1 amide bonds. The zero-order valence-electron chi connectivity index (χ0n) is 11.3. The maximum absolute atomic E-state index is 12.0. The van der Waals surface area contributed by atoms with Crippen LogP contribution in [0, 0.1) is 5.92 Å². The van der Waals surface area contributed by atoms with Crippen molar-refractivity contribution in [2.45, 2.75) is 44.7 Å². The van der Waals surface area contributed by atoms with Gasteiger partial charge >= 0.3 is 0 Å². The number of phenolic OH excluding ortho intramolecular Hbond substituents is 1. The van der Waals surface area contributed by atoms with Gasteiger partial charge in [-0.1, -0.05) is 18.6 Å². The Morgan fingerprint density at radius 2 is 2.05 bits per heavy atom. The van der Waals surface area contributed by atoms with Crippen LogP contribution in [0.25, 0.3) is 0 Å². The van der Waals surface area contributed by atoms with Crippen LogP contribution >= 0.6 is 0 Å². The van der Waals surface area contributed by atoms with Crippen LogP contribution in [0.2, 0.25) is 0 Å². The molecule has 0 aromatic heterocycles. The largest absolute Gasteiger partial charge is 0.508 e. The van der Waals surface area contributed by atoms with Gasteiger partial charge in [-0.15, -0.1) is 0 Å². The summed E-state index contributed by atoms with van der Waals surface area (Å²) in [5.41, 5.74) is 6.88. The topological polar surface area (TPSA) is 75.4 Å². The molecule has 4 N–H and O–H groups in total. The van der Waals surface area contributed by atoms with Crippen molar-refractivity contribution in [1.82, 2.24) is 5.32 Å². The summed E-state index contributed by atoms with van der Waals surface area (Å²) in [5, 5.41) is 12.2. The summed E-state index contributed by atoms with van der Waals surface area (Å²) < 4.78 is 0. The Morgan fingerprint density at radius 3 is 2.58 bits per heavy atom. The molecule has 1 saturated carbocycles. The number of nitrogens with two attached hydrogens (primary N) is 1. The van der Waals surface area contributed by atoms with Crippen molar-refractivity contribution in [2.24, 2.45) is 11.7 Å². The molecular formula is C15H22N2O2. The van der Waals surface area contributed by atoms with Gasteiger partial charge in [0.25, 0.3) is 0 Å². The number of carbonyl (C=O) groups excluding carboxylic acids is 1. The van der Waals surface area contributed by atoms with Gasteiger partial charge in [0.1, 0.15) is 5.75 Å². The number of carbonyl (C=O) groups is 1. The normalized spacial score (nSPS) is 18.4. The second-order valence-electron chi connectivity index (χ2n) is 5.47. The van der Waals surface area contributed by atoms with E-state index in [1.807, 2.05) is 0 Å². The number of hydrogen-bond acceptors (Lipinski definition) is 3. The van der Waals surface area contributed by atoms with Crippen molar-refractivity contribution in [3.05, 3.63) is 29.8 Å². The SMILES string of the molecule is CC(NC(=O)[C@H](N)Cc1ccc(O)cc1)C1CCC1. The molecule has 0 saturated heterocycles. The molecule has 4 nitrogen and oxygen atoms in total. The van der Waals surface area contributed by atoms with Crippen molar-refractivity contribution in [1.29, 1.82) is 0 Å². The van der Waals surface area contributed by atoms with Crippen LogP contribution in [0.5, 0.6) is 5.75 Å². The number of hydrogen-bond donors (Lipinski definition) is 3. The van der Waals surface area contributed by atoms with Crippen molar-refractivity contribution < 1.29 is 9.90 Å². The standard InChI is InChI=1S/C15H22N2O2/c1-10(12-3-2-4-12)17-15(19)14(16)9-11-5-7-13(18)8-6-11/h5-8,10,12,14,18H,2-4,9,16H2,1H3,(H,17,19)/t10?,14-/m1/s1. The van der Waals surface area contributed by atoms with Gasteiger partial charge in [-0.05, 0) is 49.8 Å². The number of aromatic hydroxyl groups is 1. The Balaban J connectivity index is 1.82. The molecule has 19 heavy (non-hydrogen) atoms. The van der Waals surface area contributed by atoms with E-state index < -0.39 is 6.04 Å². The summed E-state index contributed by atoms with van der Waals surface area (Å²) >= 11 is 0. The second-order valence-corrected chi connectivity index (χ2v) is 5.47. The number of rotatable bonds is 5. The molecule has 1 aliphatic carbocycles. The van der Waals surface area contributed by atoms with Crippen molar-refractivity contribution >= 4 is 5.91 Å². The molecule has 0 bridgehead atoms. The third kappa shape index (κ3) is 3.70. The molecule has 1 aliphatic rings. The summed E-state index contributed by atoms with van der Waals surface area (Å²) in [6, 6.07) is 6.47. The van der Waals surface area contributed by atoms with E-state index in [0.29, 0.717) is 12.3 Å². The zero-order valence-corrected chi connectivity index (χ0v) is 11.3. The van der Waals surface area contributed by atoms with E-state index in [-0.39, 0.29) is 17.7 Å². The Hall–Kier alpha value is -1.55. The molecule has 1 fully saturated rings. The average Bonchev–Trinajstić information content (AvgIpc) is 2.29. The quantitative estimate of drug-likeness (QED) is 0.754. The number of nitrogens with one attached hydrogen (secondary N) is 1. The summed E-state index contributed by atoms with van der Waals surface area (Å²) in [4.78, 5) is 12.0. The van der Waals surface area contributed by atoms with E-state index in [1.54, 1.807) is 24.3 Å². The van der Waals surface area contributed by atoms with Crippen LogP contribution in [-0.2, 0) is 11.2 Å². The fraction of sp³-hybridized carbons (Fsp3) is 0.533. The van der Waals surface area contributed by atoms with E-state index in [4.69, 9.17) is 5.73 Å². The van der Waals surface area contributed by atoms with E-state index in [1.165, 1.54) is 19.3 Å². The summed E-state index contributed by atoms with van der Waals surface area (Å²) in [7, 11) is 0. The first-order chi connectivity index (χ1) is 9.06. The molecule has 0 heterocycles. The third-order valence-corrected chi connectivity index (χ3v) is 3.96. The fourth-order valence-electron chi connectivity index (χ4n) is 2.37. The molecular weight excluding hydrogens is 240 g/mol. The van der Waals surface area contributed by atoms with E-state index in [9.17, 15) is 9.90 Å². The minimum atomic E-state index is -0.535. The molecule has 4 heteroatoms. The van der Waals surface area contributed by atoms with E-state index in [0.717, 1.165) is 5.56 Å². The fourth-order valence-corrected chi connectivity index (χ4v) is 2.37. The number of amides is 1. The molecule has 0 aliphatic heterocycles. The zero-order chi connectivity index (χ0) is 13.8. The average molecular weight is 262 g/mol. The molecule has 104 valence electrons. The maximum Gasteiger partial charge on any atom is 0.237 e. The van der Waals surface area contributed by atoms with Gasteiger partial charge in [0.15, 0.2) is 0 Å².